The van der Waals surface area contributed by atoms with Gasteiger partial charge in [-0.15, -0.1) is 0 Å². The highest BCUT2D eigenvalue weighted by Crippen LogP contribution is 2.28. The van der Waals surface area contributed by atoms with Crippen molar-refractivity contribution in [3.63, 3.8) is 0 Å². The normalized spacial score (nSPS) is 10.5. The maximum atomic E-state index is 12.3. The number of aromatic hydroxyl groups is 2. The van der Waals surface area contributed by atoms with Gasteiger partial charge in [0.2, 0.25) is 0 Å². The average molecular weight is 299 g/mol. The summed E-state index contributed by atoms with van der Waals surface area (Å²) in [7, 11) is 0. The molecule has 0 unspecified atom stereocenters. The van der Waals surface area contributed by atoms with Gasteiger partial charge in [-0.05, 0) is 48.5 Å². The van der Waals surface area contributed by atoms with Gasteiger partial charge in [-0.3, -0.25) is 9.69 Å². The number of carboxylic acid groups (broad SMARTS) is 1. The molecular formula is C16H13NO5. The third-order valence-electron chi connectivity index (χ3n) is 2.80. The van der Waals surface area contributed by atoms with E-state index in [0.29, 0.717) is 11.4 Å². The van der Waals surface area contributed by atoms with Gasteiger partial charge in [-0.1, -0.05) is 0 Å². The third-order valence-corrected chi connectivity index (χ3v) is 2.80. The lowest BCUT2D eigenvalue weighted by atomic mass is 10.2. The van der Waals surface area contributed by atoms with Gasteiger partial charge in [0.15, 0.2) is 0 Å². The Morgan fingerprint density at radius 1 is 0.773 bits per heavy atom. The van der Waals surface area contributed by atoms with E-state index in [9.17, 15) is 19.8 Å². The second kappa shape index (κ2) is 6.45. The summed E-state index contributed by atoms with van der Waals surface area (Å²) in [5, 5.41) is 27.3. The second-order valence-electron chi connectivity index (χ2n) is 4.38. The number of aliphatic carboxylic acids is 1. The highest BCUT2D eigenvalue weighted by Gasteiger charge is 2.16. The molecule has 2 aromatic carbocycles. The minimum Gasteiger partial charge on any atom is -0.508 e. The first kappa shape index (κ1) is 15.1. The Labute approximate surface area is 126 Å². The molecule has 3 N–H and O–H groups in total. The van der Waals surface area contributed by atoms with Crippen LogP contribution in [0.25, 0.3) is 0 Å². The zero-order chi connectivity index (χ0) is 16.1. The van der Waals surface area contributed by atoms with E-state index in [1.807, 2.05) is 0 Å². The van der Waals surface area contributed by atoms with E-state index >= 15 is 0 Å². The number of carbonyl (C=O) groups excluding carboxylic acids is 1. The Kier molecular flexibility index (Phi) is 4.43. The van der Waals surface area contributed by atoms with Crippen molar-refractivity contribution in [1.29, 1.82) is 0 Å². The molecule has 0 bridgehead atoms. The van der Waals surface area contributed by atoms with Crippen LogP contribution < -0.4 is 4.90 Å². The molecule has 0 aliphatic carbocycles. The number of hydrogen-bond acceptors (Lipinski definition) is 4. The summed E-state index contributed by atoms with van der Waals surface area (Å²) in [4.78, 5) is 24.1. The van der Waals surface area contributed by atoms with Crippen LogP contribution in [0.2, 0.25) is 0 Å². The molecule has 0 radical (unpaired) electrons. The van der Waals surface area contributed by atoms with E-state index < -0.39 is 11.9 Å². The molecule has 0 saturated carbocycles. The summed E-state index contributed by atoms with van der Waals surface area (Å²) < 4.78 is 0. The maximum Gasteiger partial charge on any atom is 0.328 e. The molecule has 112 valence electrons. The lowest BCUT2D eigenvalue weighted by Crippen LogP contribution is -2.23. The van der Waals surface area contributed by atoms with Gasteiger partial charge in [0.25, 0.3) is 5.91 Å². The van der Waals surface area contributed by atoms with Crippen LogP contribution in [-0.2, 0) is 9.59 Å². The predicted octanol–water partition coefficient (Wildman–Crippen LogP) is 2.40. The lowest BCUT2D eigenvalue weighted by Gasteiger charge is -2.21. The van der Waals surface area contributed by atoms with E-state index in [1.165, 1.54) is 53.4 Å². The van der Waals surface area contributed by atoms with Gasteiger partial charge in [-0.2, -0.15) is 0 Å². The molecule has 0 fully saturated rings. The molecule has 2 rings (SSSR count). The standard InChI is InChI=1S/C16H13NO5/c18-13-5-1-11(2-6-13)17(15(20)9-10-16(21)22)12-3-7-14(19)8-4-12/h1-10,18-19H,(H,21,22)/b10-9+. The first-order chi connectivity index (χ1) is 10.5. The van der Waals surface area contributed by atoms with Crippen molar-refractivity contribution < 1.29 is 24.9 Å². The predicted molar refractivity (Wildman–Crippen MR) is 80.1 cm³/mol. The van der Waals surface area contributed by atoms with Gasteiger partial charge >= 0.3 is 5.97 Å². The molecule has 6 nitrogen and oxygen atoms in total. The Bertz CT molecular complexity index is 659. The van der Waals surface area contributed by atoms with Crippen LogP contribution in [0.4, 0.5) is 11.4 Å². The van der Waals surface area contributed by atoms with Gasteiger partial charge in [0.1, 0.15) is 11.5 Å². The van der Waals surface area contributed by atoms with Gasteiger partial charge in [-0.25, -0.2) is 4.79 Å². The zero-order valence-corrected chi connectivity index (χ0v) is 11.4. The number of phenols is 2. The fourth-order valence-electron chi connectivity index (χ4n) is 1.82. The van der Waals surface area contributed by atoms with Crippen molar-refractivity contribution >= 4 is 23.3 Å². The van der Waals surface area contributed by atoms with E-state index in [4.69, 9.17) is 5.11 Å². The average Bonchev–Trinajstić information content (AvgIpc) is 2.49. The van der Waals surface area contributed by atoms with Crippen LogP contribution in [0.5, 0.6) is 11.5 Å². The Hall–Kier alpha value is -3.28. The second-order valence-corrected chi connectivity index (χ2v) is 4.38. The van der Waals surface area contributed by atoms with Crippen molar-refractivity contribution in [3.05, 3.63) is 60.7 Å². The van der Waals surface area contributed by atoms with Crippen molar-refractivity contribution in [2.45, 2.75) is 0 Å². The molecular weight excluding hydrogens is 286 g/mol. The first-order valence-corrected chi connectivity index (χ1v) is 6.30. The fourth-order valence-corrected chi connectivity index (χ4v) is 1.82. The Balaban J connectivity index is 2.44. The number of rotatable bonds is 4. The van der Waals surface area contributed by atoms with Crippen molar-refractivity contribution in [3.8, 4) is 11.5 Å². The van der Waals surface area contributed by atoms with E-state index in [2.05, 4.69) is 0 Å². The monoisotopic (exact) mass is 299 g/mol. The highest BCUT2D eigenvalue weighted by molar-refractivity contribution is 6.08. The smallest absolute Gasteiger partial charge is 0.328 e. The topological polar surface area (TPSA) is 98.1 Å². The molecule has 0 aliphatic heterocycles. The summed E-state index contributed by atoms with van der Waals surface area (Å²) in [5.41, 5.74) is 0.895. The van der Waals surface area contributed by atoms with Crippen LogP contribution in [0.1, 0.15) is 0 Å². The minimum absolute atomic E-state index is 0.0444. The summed E-state index contributed by atoms with van der Waals surface area (Å²) in [5.74, 6) is -1.71. The Morgan fingerprint density at radius 3 is 1.55 bits per heavy atom. The van der Waals surface area contributed by atoms with E-state index in [-0.39, 0.29) is 11.5 Å². The quantitative estimate of drug-likeness (QED) is 0.753. The number of carboxylic acids is 1. The van der Waals surface area contributed by atoms with Crippen LogP contribution in [0.3, 0.4) is 0 Å². The molecule has 22 heavy (non-hydrogen) atoms. The number of phenolic OH excluding ortho intramolecular Hbond substituents is 2. The number of anilines is 2. The van der Waals surface area contributed by atoms with Crippen molar-refractivity contribution in [2.75, 3.05) is 4.90 Å². The molecule has 0 spiro atoms. The van der Waals surface area contributed by atoms with E-state index in [1.54, 1.807) is 0 Å². The summed E-state index contributed by atoms with van der Waals surface area (Å²) in [6, 6.07) is 11.7. The molecule has 2 aromatic rings. The van der Waals surface area contributed by atoms with Crippen LogP contribution in [0, 0.1) is 0 Å². The molecule has 6 heteroatoms. The van der Waals surface area contributed by atoms with Gasteiger partial charge < -0.3 is 15.3 Å². The van der Waals surface area contributed by atoms with Crippen molar-refractivity contribution in [2.24, 2.45) is 0 Å². The lowest BCUT2D eigenvalue weighted by molar-refractivity contribution is -0.131. The van der Waals surface area contributed by atoms with Gasteiger partial charge in [0.05, 0.1) is 0 Å². The minimum atomic E-state index is -1.23. The Morgan fingerprint density at radius 2 is 1.18 bits per heavy atom. The van der Waals surface area contributed by atoms with E-state index in [0.717, 1.165) is 12.2 Å². The molecule has 0 saturated heterocycles. The number of carbonyl (C=O) groups is 2. The number of nitrogens with zero attached hydrogens (tertiary/aromatic N) is 1. The summed E-state index contributed by atoms with van der Waals surface area (Å²) >= 11 is 0. The maximum absolute atomic E-state index is 12.3. The number of benzene rings is 2. The third kappa shape index (κ3) is 3.63. The summed E-state index contributed by atoms with van der Waals surface area (Å²) in [6.45, 7) is 0. The first-order valence-electron chi connectivity index (χ1n) is 6.30. The SMILES string of the molecule is O=C(O)/C=C/C(=O)N(c1ccc(O)cc1)c1ccc(O)cc1. The van der Waals surface area contributed by atoms with Crippen LogP contribution in [0.15, 0.2) is 60.7 Å². The number of amides is 1. The largest absolute Gasteiger partial charge is 0.508 e. The molecule has 1 amide bonds. The van der Waals surface area contributed by atoms with Crippen molar-refractivity contribution in [1.82, 2.24) is 0 Å². The zero-order valence-electron chi connectivity index (χ0n) is 11.4. The highest BCUT2D eigenvalue weighted by atomic mass is 16.4. The van der Waals surface area contributed by atoms with Crippen LogP contribution in [-0.4, -0.2) is 27.2 Å². The molecule has 0 aromatic heterocycles. The van der Waals surface area contributed by atoms with Gasteiger partial charge in [0, 0.05) is 23.5 Å². The fraction of sp³-hybridized carbons (Fsp3) is 0. The summed E-state index contributed by atoms with van der Waals surface area (Å²) in [6.07, 6.45) is 1.68. The number of hydrogen-bond donors (Lipinski definition) is 3. The molecule has 0 aliphatic rings. The molecule has 0 atom stereocenters. The molecule has 0 heterocycles. The van der Waals surface area contributed by atoms with Crippen LogP contribution >= 0.6 is 0 Å².